The fraction of sp³-hybridized carbons (Fsp3) is 0.226. The van der Waals surface area contributed by atoms with Gasteiger partial charge >= 0.3 is 18.1 Å². The van der Waals surface area contributed by atoms with Crippen LogP contribution in [0.3, 0.4) is 0 Å². The topological polar surface area (TPSA) is 52.6 Å². The van der Waals surface area contributed by atoms with Crippen LogP contribution in [0.2, 0.25) is 0 Å². The van der Waals surface area contributed by atoms with Gasteiger partial charge in [0.15, 0.2) is 0 Å². The molecule has 0 aliphatic carbocycles. The molecule has 0 radical (unpaired) electrons. The van der Waals surface area contributed by atoms with Crippen LogP contribution in [0.1, 0.15) is 54.2 Å². The third-order valence-electron chi connectivity index (χ3n) is 4.99. The summed E-state index contributed by atoms with van der Waals surface area (Å²) in [6.45, 7) is 8.38. The number of hydrogen-bond acceptors (Lipinski definition) is 4. The Kier molecular flexibility index (Phi) is 11.1. The quantitative estimate of drug-likeness (QED) is 0.242. The first-order valence-electron chi connectivity index (χ1n) is 11.9. The maximum Gasteiger partial charge on any atom is 0.416 e. The Morgan fingerprint density at radius 2 is 1.26 bits per heavy atom. The fourth-order valence-corrected chi connectivity index (χ4v) is 3.56. The third kappa shape index (κ3) is 11.3. The molecule has 3 aromatic rings. The molecule has 0 N–H and O–H groups in total. The molecule has 0 aliphatic rings. The van der Waals surface area contributed by atoms with Crippen LogP contribution in [0.4, 0.5) is 13.2 Å². The van der Waals surface area contributed by atoms with Gasteiger partial charge in [-0.05, 0) is 55.7 Å². The van der Waals surface area contributed by atoms with E-state index in [0.29, 0.717) is 17.1 Å². The van der Waals surface area contributed by atoms with Crippen molar-refractivity contribution in [2.75, 3.05) is 0 Å². The SMILES string of the molecule is CC(=O)O/C(=C/c1cccc(C)c1)Cc1cccc(C(F)(F)F)c1.CC(=O)O/C(C)=C/c1cccc(C)c1. The molecule has 38 heavy (non-hydrogen) atoms. The Bertz CT molecular complexity index is 1320. The van der Waals surface area contributed by atoms with Crippen LogP contribution in [-0.2, 0) is 31.7 Å². The number of carbonyl (C=O) groups is 2. The van der Waals surface area contributed by atoms with Crippen molar-refractivity contribution in [2.24, 2.45) is 0 Å². The summed E-state index contributed by atoms with van der Waals surface area (Å²) in [5, 5.41) is 0. The standard InChI is InChI=1S/C19H17F3O2.C12H14O2/c1-13-5-3-6-15(9-13)11-18(24-14(2)23)12-16-7-4-8-17(10-16)19(20,21)22;1-9-5-4-6-12(7-9)8-10(2)14-11(3)13/h3-11H,12H2,1-2H3;4-8H,1-3H3/b18-11+;10-8+. The van der Waals surface area contributed by atoms with Crippen molar-refractivity contribution in [1.82, 2.24) is 0 Å². The lowest BCUT2D eigenvalue weighted by atomic mass is 10.0. The Hall–Kier alpha value is -4.13. The molecule has 0 aliphatic heterocycles. The summed E-state index contributed by atoms with van der Waals surface area (Å²) < 4.78 is 48.5. The molecule has 0 fully saturated rings. The molecule has 200 valence electrons. The average Bonchev–Trinajstić information content (AvgIpc) is 2.78. The van der Waals surface area contributed by atoms with Crippen LogP contribution in [0.25, 0.3) is 12.2 Å². The molecule has 0 saturated carbocycles. The largest absolute Gasteiger partial charge is 0.432 e. The van der Waals surface area contributed by atoms with Gasteiger partial charge in [-0.2, -0.15) is 13.2 Å². The molecule has 0 amide bonds. The van der Waals surface area contributed by atoms with Gasteiger partial charge in [0.1, 0.15) is 11.5 Å². The zero-order chi connectivity index (χ0) is 28.3. The van der Waals surface area contributed by atoms with Crippen LogP contribution in [0.15, 0.2) is 84.3 Å². The Morgan fingerprint density at radius 3 is 1.76 bits per heavy atom. The summed E-state index contributed by atoms with van der Waals surface area (Å²) >= 11 is 0. The predicted molar refractivity (Wildman–Crippen MR) is 143 cm³/mol. The second-order valence-corrected chi connectivity index (χ2v) is 8.76. The molecule has 4 nitrogen and oxygen atoms in total. The van der Waals surface area contributed by atoms with Gasteiger partial charge in [-0.3, -0.25) is 9.59 Å². The zero-order valence-electron chi connectivity index (χ0n) is 22.1. The van der Waals surface area contributed by atoms with Gasteiger partial charge in [0.25, 0.3) is 0 Å². The third-order valence-corrected chi connectivity index (χ3v) is 4.99. The highest BCUT2D eigenvalue weighted by atomic mass is 19.4. The van der Waals surface area contributed by atoms with Gasteiger partial charge < -0.3 is 9.47 Å². The van der Waals surface area contributed by atoms with E-state index in [1.54, 1.807) is 19.1 Å². The maximum atomic E-state index is 12.8. The number of benzene rings is 3. The Balaban J connectivity index is 0.000000308. The lowest BCUT2D eigenvalue weighted by Gasteiger charge is -2.11. The smallest absolute Gasteiger partial charge is 0.416 e. The minimum absolute atomic E-state index is 0.0947. The van der Waals surface area contributed by atoms with Gasteiger partial charge in [-0.1, -0.05) is 77.9 Å². The maximum absolute atomic E-state index is 12.8. The van der Waals surface area contributed by atoms with E-state index in [-0.39, 0.29) is 12.4 Å². The normalized spacial score (nSPS) is 11.8. The number of aryl methyl sites for hydroxylation is 2. The first-order valence-corrected chi connectivity index (χ1v) is 11.9. The van der Waals surface area contributed by atoms with E-state index in [1.165, 1.54) is 25.5 Å². The van der Waals surface area contributed by atoms with Crippen molar-refractivity contribution in [3.63, 3.8) is 0 Å². The number of halogens is 3. The van der Waals surface area contributed by atoms with E-state index >= 15 is 0 Å². The minimum Gasteiger partial charge on any atom is -0.432 e. The van der Waals surface area contributed by atoms with Gasteiger partial charge in [0, 0.05) is 20.3 Å². The van der Waals surface area contributed by atoms with E-state index in [9.17, 15) is 22.8 Å². The molecule has 0 atom stereocenters. The summed E-state index contributed by atoms with van der Waals surface area (Å²) in [5.74, 6) is 0.114. The second-order valence-electron chi connectivity index (χ2n) is 8.76. The van der Waals surface area contributed by atoms with Gasteiger partial charge in [-0.15, -0.1) is 0 Å². The number of carbonyl (C=O) groups excluding carboxylic acids is 2. The second kappa shape index (κ2) is 14.0. The Labute approximate surface area is 221 Å². The highest BCUT2D eigenvalue weighted by Crippen LogP contribution is 2.30. The molecule has 0 heterocycles. The molecule has 0 spiro atoms. The van der Waals surface area contributed by atoms with Crippen LogP contribution >= 0.6 is 0 Å². The molecule has 3 aromatic carbocycles. The van der Waals surface area contributed by atoms with E-state index in [4.69, 9.17) is 9.47 Å². The van der Waals surface area contributed by atoms with E-state index in [2.05, 4.69) is 0 Å². The monoisotopic (exact) mass is 524 g/mol. The summed E-state index contributed by atoms with van der Waals surface area (Å²) in [6.07, 6.45) is -0.807. The van der Waals surface area contributed by atoms with Crippen LogP contribution < -0.4 is 0 Å². The molecule has 0 aromatic heterocycles. The number of allylic oxidation sites excluding steroid dienone is 2. The summed E-state index contributed by atoms with van der Waals surface area (Å²) in [6, 6.07) is 20.5. The highest BCUT2D eigenvalue weighted by molar-refractivity contribution is 5.69. The van der Waals surface area contributed by atoms with Crippen molar-refractivity contribution in [3.8, 4) is 0 Å². The van der Waals surface area contributed by atoms with Gasteiger partial charge in [0.2, 0.25) is 0 Å². The lowest BCUT2D eigenvalue weighted by Crippen LogP contribution is -2.06. The number of rotatable bonds is 6. The van der Waals surface area contributed by atoms with Crippen LogP contribution in [0.5, 0.6) is 0 Å². The molecular formula is C31H31F3O4. The molecule has 3 rings (SSSR count). The first-order chi connectivity index (χ1) is 17.8. The van der Waals surface area contributed by atoms with E-state index in [1.807, 2.05) is 68.5 Å². The number of alkyl halides is 3. The number of esters is 2. The molecule has 0 unspecified atom stereocenters. The molecular weight excluding hydrogens is 493 g/mol. The van der Waals surface area contributed by atoms with Crippen molar-refractivity contribution < 1.29 is 32.2 Å². The Morgan fingerprint density at radius 1 is 0.737 bits per heavy atom. The predicted octanol–water partition coefficient (Wildman–Crippen LogP) is 8.08. The number of hydrogen-bond donors (Lipinski definition) is 0. The molecule has 7 heteroatoms. The van der Waals surface area contributed by atoms with Crippen LogP contribution in [-0.4, -0.2) is 11.9 Å². The summed E-state index contributed by atoms with van der Waals surface area (Å²) in [4.78, 5) is 21.9. The minimum atomic E-state index is -4.40. The zero-order valence-corrected chi connectivity index (χ0v) is 22.1. The average molecular weight is 525 g/mol. The van der Waals surface area contributed by atoms with Crippen LogP contribution in [0, 0.1) is 13.8 Å². The van der Waals surface area contributed by atoms with E-state index in [0.717, 1.165) is 28.8 Å². The fourth-order valence-electron chi connectivity index (χ4n) is 3.56. The first kappa shape index (κ1) is 30.1. The lowest BCUT2D eigenvalue weighted by molar-refractivity contribution is -0.138. The number of ether oxygens (including phenoxy) is 2. The van der Waals surface area contributed by atoms with Gasteiger partial charge in [-0.25, -0.2) is 0 Å². The van der Waals surface area contributed by atoms with Crippen molar-refractivity contribution in [3.05, 3.63) is 118 Å². The molecule has 0 saturated heterocycles. The summed E-state index contributed by atoms with van der Waals surface area (Å²) in [7, 11) is 0. The molecule has 0 bridgehead atoms. The van der Waals surface area contributed by atoms with Crippen molar-refractivity contribution in [1.29, 1.82) is 0 Å². The van der Waals surface area contributed by atoms with Crippen molar-refractivity contribution >= 4 is 24.1 Å². The van der Waals surface area contributed by atoms with E-state index < -0.39 is 17.7 Å². The summed E-state index contributed by atoms with van der Waals surface area (Å²) in [5.41, 5.74) is 3.78. The van der Waals surface area contributed by atoms with Gasteiger partial charge in [0.05, 0.1) is 5.56 Å². The van der Waals surface area contributed by atoms with Crippen molar-refractivity contribution in [2.45, 2.75) is 47.2 Å². The highest BCUT2D eigenvalue weighted by Gasteiger charge is 2.30.